The van der Waals surface area contributed by atoms with Crippen LogP contribution in [0.5, 0.6) is 0 Å². The lowest BCUT2D eigenvalue weighted by Crippen LogP contribution is -2.31. The molecule has 1 atom stereocenters. The van der Waals surface area contributed by atoms with Crippen LogP contribution in [0.15, 0.2) is 48.5 Å². The molecule has 0 radical (unpaired) electrons. The molecular weight excluding hydrogens is 384 g/mol. The van der Waals surface area contributed by atoms with Gasteiger partial charge in [-0.05, 0) is 49.4 Å². The average Bonchev–Trinajstić information content (AvgIpc) is 3.15. The number of carbonyl (C=O) groups is 2. The zero-order valence-electron chi connectivity index (χ0n) is 16.8. The Morgan fingerprint density at radius 1 is 1.14 bits per heavy atom. The Morgan fingerprint density at radius 3 is 2.62 bits per heavy atom. The van der Waals surface area contributed by atoms with Gasteiger partial charge in [-0.1, -0.05) is 43.3 Å². The number of fused-ring (bicyclic) bond motifs is 1. The summed E-state index contributed by atoms with van der Waals surface area (Å²) in [5, 5.41) is 3.87. The molecule has 0 saturated carbocycles. The van der Waals surface area contributed by atoms with E-state index in [1.165, 1.54) is 5.56 Å². The molecule has 0 saturated heterocycles. The van der Waals surface area contributed by atoms with Crippen molar-refractivity contribution in [1.29, 1.82) is 0 Å². The van der Waals surface area contributed by atoms with E-state index in [-0.39, 0.29) is 30.9 Å². The van der Waals surface area contributed by atoms with Gasteiger partial charge in [0.1, 0.15) is 0 Å². The molecule has 0 fully saturated rings. The molecule has 3 aromatic rings. The van der Waals surface area contributed by atoms with Crippen molar-refractivity contribution in [2.75, 3.05) is 6.61 Å². The summed E-state index contributed by atoms with van der Waals surface area (Å²) in [6, 6.07) is 16.0. The average molecular weight is 411 g/mol. The fourth-order valence-electron chi connectivity index (χ4n) is 3.04. The van der Waals surface area contributed by atoms with Crippen LogP contribution < -0.4 is 5.32 Å². The molecule has 0 spiro atoms. The first kappa shape index (κ1) is 21.0. The third-order valence-electron chi connectivity index (χ3n) is 4.74. The van der Waals surface area contributed by atoms with Crippen LogP contribution in [0.25, 0.3) is 10.2 Å². The normalized spacial score (nSPS) is 11.9. The van der Waals surface area contributed by atoms with Crippen LogP contribution in [0.1, 0.15) is 48.9 Å². The standard InChI is InChI=1S/C23H26N2O3S/c1-3-17-11-13-18(14-12-17)16(2)24-21(26)15-28-23(27)10-6-9-22-25-19-7-4-5-8-20(19)29-22/h4-5,7-8,11-14,16H,3,6,9-10,15H2,1-2H3,(H,24,26). The molecule has 1 aromatic heterocycles. The number of para-hydroxylation sites is 1. The van der Waals surface area contributed by atoms with Crippen molar-refractivity contribution in [2.24, 2.45) is 0 Å². The zero-order chi connectivity index (χ0) is 20.6. The predicted octanol–water partition coefficient (Wildman–Crippen LogP) is 4.60. The lowest BCUT2D eigenvalue weighted by Gasteiger charge is -2.15. The number of carbonyl (C=O) groups excluding carboxylic acids is 2. The van der Waals surface area contributed by atoms with Gasteiger partial charge in [-0.2, -0.15) is 0 Å². The molecule has 1 heterocycles. The number of ether oxygens (including phenoxy) is 1. The van der Waals surface area contributed by atoms with E-state index in [0.717, 1.165) is 33.6 Å². The summed E-state index contributed by atoms with van der Waals surface area (Å²) >= 11 is 1.65. The lowest BCUT2D eigenvalue weighted by atomic mass is 10.1. The Kier molecular flexibility index (Phi) is 7.36. The fraction of sp³-hybridized carbons (Fsp3) is 0.348. The van der Waals surface area contributed by atoms with Crippen molar-refractivity contribution in [3.63, 3.8) is 0 Å². The van der Waals surface area contributed by atoms with E-state index in [2.05, 4.69) is 29.4 Å². The summed E-state index contributed by atoms with van der Waals surface area (Å²) in [5.74, 6) is -0.655. The number of rotatable bonds is 9. The van der Waals surface area contributed by atoms with Crippen LogP contribution in [0, 0.1) is 0 Å². The van der Waals surface area contributed by atoms with Gasteiger partial charge in [0.25, 0.3) is 5.91 Å². The van der Waals surface area contributed by atoms with Crippen LogP contribution >= 0.6 is 11.3 Å². The molecule has 0 bridgehead atoms. The summed E-state index contributed by atoms with van der Waals surface area (Å²) in [5.41, 5.74) is 3.27. The number of aromatic nitrogens is 1. The van der Waals surface area contributed by atoms with Crippen molar-refractivity contribution in [3.8, 4) is 0 Å². The first-order valence-corrected chi connectivity index (χ1v) is 10.7. The maximum Gasteiger partial charge on any atom is 0.306 e. The highest BCUT2D eigenvalue weighted by molar-refractivity contribution is 7.18. The van der Waals surface area contributed by atoms with E-state index >= 15 is 0 Å². The van der Waals surface area contributed by atoms with Crippen LogP contribution in [0.3, 0.4) is 0 Å². The minimum Gasteiger partial charge on any atom is -0.456 e. The number of aryl methyl sites for hydroxylation is 2. The second kappa shape index (κ2) is 10.2. The number of esters is 1. The zero-order valence-corrected chi connectivity index (χ0v) is 17.6. The molecule has 1 amide bonds. The Labute approximate surface area is 175 Å². The highest BCUT2D eigenvalue weighted by Crippen LogP contribution is 2.22. The number of hydrogen-bond donors (Lipinski definition) is 1. The van der Waals surface area contributed by atoms with Gasteiger partial charge < -0.3 is 10.1 Å². The molecule has 1 unspecified atom stereocenters. The molecule has 29 heavy (non-hydrogen) atoms. The summed E-state index contributed by atoms with van der Waals surface area (Å²) in [4.78, 5) is 28.5. The van der Waals surface area contributed by atoms with E-state index in [1.807, 2.05) is 43.3 Å². The van der Waals surface area contributed by atoms with Gasteiger partial charge in [0, 0.05) is 6.42 Å². The quantitative estimate of drug-likeness (QED) is 0.524. The highest BCUT2D eigenvalue weighted by Gasteiger charge is 2.12. The number of amides is 1. The molecule has 3 rings (SSSR count). The third kappa shape index (κ3) is 6.12. The number of benzene rings is 2. The minimum atomic E-state index is -0.360. The second-order valence-corrected chi connectivity index (χ2v) is 8.09. The Hall–Kier alpha value is -2.73. The molecule has 0 aliphatic carbocycles. The summed E-state index contributed by atoms with van der Waals surface area (Å²) in [6.45, 7) is 3.77. The second-order valence-electron chi connectivity index (χ2n) is 6.97. The van der Waals surface area contributed by atoms with Crippen LogP contribution in [-0.4, -0.2) is 23.5 Å². The van der Waals surface area contributed by atoms with Crippen molar-refractivity contribution >= 4 is 33.4 Å². The van der Waals surface area contributed by atoms with Crippen LogP contribution in [-0.2, 0) is 27.2 Å². The smallest absolute Gasteiger partial charge is 0.306 e. The van der Waals surface area contributed by atoms with Crippen molar-refractivity contribution in [3.05, 3.63) is 64.7 Å². The highest BCUT2D eigenvalue weighted by atomic mass is 32.1. The monoisotopic (exact) mass is 410 g/mol. The maximum atomic E-state index is 12.1. The number of nitrogens with zero attached hydrogens (tertiary/aromatic N) is 1. The van der Waals surface area contributed by atoms with E-state index < -0.39 is 0 Å². The molecular formula is C23H26N2O3S. The van der Waals surface area contributed by atoms with Crippen molar-refractivity contribution in [1.82, 2.24) is 10.3 Å². The van der Waals surface area contributed by atoms with E-state index in [4.69, 9.17) is 4.74 Å². The fourth-order valence-corrected chi connectivity index (χ4v) is 4.05. The van der Waals surface area contributed by atoms with E-state index in [1.54, 1.807) is 11.3 Å². The summed E-state index contributed by atoms with van der Waals surface area (Å²) in [7, 11) is 0. The molecule has 6 heteroatoms. The van der Waals surface area contributed by atoms with Crippen molar-refractivity contribution < 1.29 is 14.3 Å². The van der Waals surface area contributed by atoms with Gasteiger partial charge in [0.05, 0.1) is 21.3 Å². The number of nitrogens with one attached hydrogen (secondary N) is 1. The molecule has 152 valence electrons. The summed E-state index contributed by atoms with van der Waals surface area (Å²) in [6.07, 6.45) is 2.64. The number of hydrogen-bond acceptors (Lipinski definition) is 5. The molecule has 5 nitrogen and oxygen atoms in total. The van der Waals surface area contributed by atoms with Gasteiger partial charge in [-0.25, -0.2) is 4.98 Å². The molecule has 0 aliphatic rings. The maximum absolute atomic E-state index is 12.1. The third-order valence-corrected chi connectivity index (χ3v) is 5.84. The molecule has 0 aliphatic heterocycles. The Bertz CT molecular complexity index is 933. The molecule has 2 aromatic carbocycles. The van der Waals surface area contributed by atoms with Gasteiger partial charge in [-0.3, -0.25) is 9.59 Å². The first-order chi connectivity index (χ1) is 14.0. The van der Waals surface area contributed by atoms with E-state index in [9.17, 15) is 9.59 Å². The van der Waals surface area contributed by atoms with Crippen molar-refractivity contribution in [2.45, 2.75) is 45.6 Å². The first-order valence-electron chi connectivity index (χ1n) is 9.93. The van der Waals surface area contributed by atoms with Gasteiger partial charge in [0.15, 0.2) is 6.61 Å². The number of thiazole rings is 1. The Balaban J connectivity index is 1.36. The summed E-state index contributed by atoms with van der Waals surface area (Å²) < 4.78 is 6.26. The van der Waals surface area contributed by atoms with Crippen LogP contribution in [0.2, 0.25) is 0 Å². The minimum absolute atomic E-state index is 0.133. The SMILES string of the molecule is CCc1ccc(C(C)NC(=O)COC(=O)CCCc2nc3ccccc3s2)cc1. The topological polar surface area (TPSA) is 68.3 Å². The van der Waals surface area contributed by atoms with Crippen LogP contribution in [0.4, 0.5) is 0 Å². The Morgan fingerprint density at radius 2 is 1.90 bits per heavy atom. The van der Waals surface area contributed by atoms with E-state index in [0.29, 0.717) is 6.42 Å². The van der Waals surface area contributed by atoms with Gasteiger partial charge in [0.2, 0.25) is 0 Å². The predicted molar refractivity (Wildman–Crippen MR) is 116 cm³/mol. The van der Waals surface area contributed by atoms with Gasteiger partial charge in [-0.15, -0.1) is 11.3 Å². The largest absolute Gasteiger partial charge is 0.456 e. The van der Waals surface area contributed by atoms with Gasteiger partial charge >= 0.3 is 5.97 Å². The lowest BCUT2D eigenvalue weighted by molar-refractivity contribution is -0.148. The molecule has 1 N–H and O–H groups in total.